The maximum atomic E-state index is 13.3. The van der Waals surface area contributed by atoms with Crippen molar-refractivity contribution in [2.24, 2.45) is 0 Å². The molecule has 1 aliphatic rings. The Morgan fingerprint density at radius 2 is 1.89 bits per heavy atom. The van der Waals surface area contributed by atoms with Crippen LogP contribution in [0.25, 0.3) is 22.1 Å². The van der Waals surface area contributed by atoms with E-state index < -0.39 is 16.1 Å². The first-order chi connectivity index (χ1) is 16.5. The zero-order chi connectivity index (χ0) is 25.0. The highest BCUT2D eigenvalue weighted by Gasteiger charge is 2.29. The summed E-state index contributed by atoms with van der Waals surface area (Å²) in [6, 6.07) is 8.48. The van der Waals surface area contributed by atoms with Crippen LogP contribution < -0.4 is 10.3 Å². The minimum absolute atomic E-state index is 0.198. The highest BCUT2D eigenvalue weighted by atomic mass is 32.2. The van der Waals surface area contributed by atoms with Gasteiger partial charge in [0.05, 0.1) is 17.6 Å². The molecule has 10 nitrogen and oxygen atoms in total. The Hall–Kier alpha value is -3.60. The molecule has 11 heteroatoms. The van der Waals surface area contributed by atoms with Crippen LogP contribution in [0.1, 0.15) is 32.8 Å². The average Bonchev–Trinajstić information content (AvgIpc) is 3.49. The first-order valence-corrected chi connectivity index (χ1v) is 12.9. The van der Waals surface area contributed by atoms with E-state index in [1.165, 1.54) is 10.2 Å². The van der Waals surface area contributed by atoms with Crippen LogP contribution in [-0.4, -0.2) is 57.9 Å². The molecule has 0 bridgehead atoms. The minimum Gasteiger partial charge on any atom is -0.444 e. The summed E-state index contributed by atoms with van der Waals surface area (Å²) < 4.78 is 35.3. The predicted octanol–water partition coefficient (Wildman–Crippen LogP) is 3.17. The van der Waals surface area contributed by atoms with Gasteiger partial charge in [-0.2, -0.15) is 0 Å². The fourth-order valence-corrected chi connectivity index (χ4v) is 5.57. The summed E-state index contributed by atoms with van der Waals surface area (Å²) >= 11 is 0. The van der Waals surface area contributed by atoms with Crippen molar-refractivity contribution in [2.45, 2.75) is 50.7 Å². The Balaban J connectivity index is 1.46. The van der Waals surface area contributed by atoms with E-state index in [1.54, 1.807) is 42.9 Å². The fraction of sp³-hybridized carbons (Fsp3) is 0.375. The van der Waals surface area contributed by atoms with E-state index in [0.717, 1.165) is 11.1 Å². The molecule has 1 fully saturated rings. The molecule has 1 unspecified atom stereocenters. The molecule has 1 aromatic carbocycles. The summed E-state index contributed by atoms with van der Waals surface area (Å²) in [5.41, 5.74) is 2.34. The van der Waals surface area contributed by atoms with Gasteiger partial charge in [-0.25, -0.2) is 31.8 Å². The van der Waals surface area contributed by atoms with Crippen LogP contribution in [0.4, 0.5) is 4.79 Å². The quantitative estimate of drug-likeness (QED) is 0.462. The summed E-state index contributed by atoms with van der Waals surface area (Å²) in [5.74, 6) is 0. The molecule has 4 heterocycles. The lowest BCUT2D eigenvalue weighted by Gasteiger charge is -2.23. The third kappa shape index (κ3) is 4.31. The number of nitrogens with one attached hydrogen (secondary N) is 1. The topological polar surface area (TPSA) is 111 Å². The molecule has 0 radical (unpaired) electrons. The minimum atomic E-state index is -3.81. The molecular weight excluding hydrogens is 468 g/mol. The first kappa shape index (κ1) is 23.2. The third-order valence-electron chi connectivity index (χ3n) is 5.93. The molecule has 1 amide bonds. The summed E-state index contributed by atoms with van der Waals surface area (Å²) in [7, 11) is -3.81. The van der Waals surface area contributed by atoms with Gasteiger partial charge in [-0.15, -0.1) is 0 Å². The summed E-state index contributed by atoms with van der Waals surface area (Å²) in [4.78, 5) is 21.3. The number of amides is 1. The number of aromatic nitrogens is 4. The van der Waals surface area contributed by atoms with Crippen molar-refractivity contribution >= 4 is 38.2 Å². The molecule has 35 heavy (non-hydrogen) atoms. The Kier molecular flexibility index (Phi) is 5.47. The SMILES string of the molecule is Cc1ccc(S(=O)(=O)n2ccc3c4c(cnc32)ncn4N2CCC(OC(=O)NC(C)(C)C)C2)cc1. The van der Waals surface area contributed by atoms with Gasteiger partial charge in [0.25, 0.3) is 10.0 Å². The van der Waals surface area contributed by atoms with Gasteiger partial charge in [0.2, 0.25) is 0 Å². The van der Waals surface area contributed by atoms with Gasteiger partial charge in [0.15, 0.2) is 5.65 Å². The van der Waals surface area contributed by atoms with Crippen LogP contribution >= 0.6 is 0 Å². The largest absolute Gasteiger partial charge is 0.444 e. The molecule has 5 rings (SSSR count). The number of nitrogens with zero attached hydrogens (tertiary/aromatic N) is 5. The lowest BCUT2D eigenvalue weighted by Crippen LogP contribution is -2.43. The number of carbonyl (C=O) groups is 1. The molecule has 184 valence electrons. The van der Waals surface area contributed by atoms with Gasteiger partial charge in [0.1, 0.15) is 23.5 Å². The van der Waals surface area contributed by atoms with Crippen LogP contribution in [0, 0.1) is 6.92 Å². The highest BCUT2D eigenvalue weighted by Crippen LogP contribution is 2.28. The number of alkyl carbamates (subject to hydrolysis) is 1. The van der Waals surface area contributed by atoms with Crippen LogP contribution in [0.3, 0.4) is 0 Å². The van der Waals surface area contributed by atoms with Crippen molar-refractivity contribution in [3.05, 3.63) is 54.6 Å². The van der Waals surface area contributed by atoms with Gasteiger partial charge in [-0.1, -0.05) is 17.7 Å². The van der Waals surface area contributed by atoms with Gasteiger partial charge in [-0.05, 0) is 45.9 Å². The number of hydrogen-bond acceptors (Lipinski definition) is 7. The Morgan fingerprint density at radius 3 is 2.60 bits per heavy atom. The van der Waals surface area contributed by atoms with E-state index in [2.05, 4.69) is 15.3 Å². The van der Waals surface area contributed by atoms with Crippen molar-refractivity contribution in [1.82, 2.24) is 23.9 Å². The molecule has 1 aliphatic heterocycles. The highest BCUT2D eigenvalue weighted by molar-refractivity contribution is 7.90. The number of hydrogen-bond donors (Lipinski definition) is 1. The number of ether oxygens (including phenoxy) is 1. The molecule has 1 atom stereocenters. The number of carbonyl (C=O) groups excluding carboxylic acids is 1. The van der Waals surface area contributed by atoms with Gasteiger partial charge >= 0.3 is 6.09 Å². The number of pyridine rings is 1. The number of rotatable bonds is 4. The molecule has 0 aliphatic carbocycles. The maximum Gasteiger partial charge on any atom is 0.407 e. The Morgan fingerprint density at radius 1 is 1.14 bits per heavy atom. The van der Waals surface area contributed by atoms with E-state index in [0.29, 0.717) is 36.1 Å². The van der Waals surface area contributed by atoms with Crippen molar-refractivity contribution in [1.29, 1.82) is 0 Å². The van der Waals surface area contributed by atoms with E-state index in [1.807, 2.05) is 37.4 Å². The van der Waals surface area contributed by atoms with Crippen LogP contribution in [0.2, 0.25) is 0 Å². The summed E-state index contributed by atoms with van der Waals surface area (Å²) in [5, 5.41) is 5.53. The van der Waals surface area contributed by atoms with E-state index in [4.69, 9.17) is 4.74 Å². The number of imidazole rings is 1. The van der Waals surface area contributed by atoms with Crippen LogP contribution in [-0.2, 0) is 14.8 Å². The molecule has 3 aromatic heterocycles. The molecule has 1 saturated heterocycles. The number of aryl methyl sites for hydroxylation is 1. The second-order valence-electron chi connectivity index (χ2n) is 9.85. The van der Waals surface area contributed by atoms with E-state index >= 15 is 0 Å². The Bertz CT molecular complexity index is 1520. The maximum absolute atomic E-state index is 13.3. The van der Waals surface area contributed by atoms with Crippen molar-refractivity contribution in [3.63, 3.8) is 0 Å². The molecule has 1 N–H and O–H groups in total. The zero-order valence-electron chi connectivity index (χ0n) is 20.1. The number of benzene rings is 1. The number of fused-ring (bicyclic) bond motifs is 3. The summed E-state index contributed by atoms with van der Waals surface area (Å²) in [6.07, 6.45) is 4.76. The smallest absolute Gasteiger partial charge is 0.407 e. The average molecular weight is 497 g/mol. The van der Waals surface area contributed by atoms with Crippen LogP contribution in [0.15, 0.2) is 53.9 Å². The lowest BCUT2D eigenvalue weighted by molar-refractivity contribution is 0.101. The third-order valence-corrected chi connectivity index (χ3v) is 7.61. The van der Waals surface area contributed by atoms with Crippen molar-refractivity contribution in [3.8, 4) is 0 Å². The first-order valence-electron chi connectivity index (χ1n) is 11.4. The molecule has 0 spiro atoms. The zero-order valence-corrected chi connectivity index (χ0v) is 20.9. The Labute approximate surface area is 203 Å². The van der Waals surface area contributed by atoms with Crippen molar-refractivity contribution in [2.75, 3.05) is 18.1 Å². The molecule has 0 saturated carbocycles. The van der Waals surface area contributed by atoms with Gasteiger partial charge in [-0.3, -0.25) is 0 Å². The second-order valence-corrected chi connectivity index (χ2v) is 11.7. The van der Waals surface area contributed by atoms with Crippen molar-refractivity contribution < 1.29 is 17.9 Å². The summed E-state index contributed by atoms with van der Waals surface area (Å²) in [6.45, 7) is 8.76. The van der Waals surface area contributed by atoms with E-state index in [-0.39, 0.29) is 16.5 Å². The lowest BCUT2D eigenvalue weighted by atomic mass is 10.1. The standard InChI is InChI=1S/C24H28N6O4S/c1-16-5-7-18(8-6-16)35(32,33)30-12-10-19-21-20(13-25-22(19)30)26-15-29(21)28-11-9-17(14-28)34-23(31)27-24(2,3)4/h5-8,10,12-13,15,17H,9,11,14H2,1-4H3,(H,27,31). The van der Waals surface area contributed by atoms with Gasteiger partial charge in [0, 0.05) is 30.1 Å². The van der Waals surface area contributed by atoms with E-state index in [9.17, 15) is 13.2 Å². The second kappa shape index (κ2) is 8.26. The molecule has 4 aromatic rings. The van der Waals surface area contributed by atoms with Crippen LogP contribution in [0.5, 0.6) is 0 Å². The molecular formula is C24H28N6O4S. The predicted molar refractivity (Wildman–Crippen MR) is 133 cm³/mol. The van der Waals surface area contributed by atoms with Gasteiger partial charge < -0.3 is 15.1 Å². The monoisotopic (exact) mass is 496 g/mol. The normalized spacial score (nSPS) is 16.8. The fourth-order valence-electron chi connectivity index (χ4n) is 4.27.